The van der Waals surface area contributed by atoms with Gasteiger partial charge in [-0.2, -0.15) is 5.10 Å². The molecule has 7 rings (SSSR count). The van der Waals surface area contributed by atoms with Gasteiger partial charge in [-0.15, -0.1) is 0 Å². The molecule has 1 aromatic carbocycles. The molecule has 5 heteroatoms. The quantitative estimate of drug-likeness (QED) is 0.537. The molecule has 1 aromatic heterocycles. The molecule has 4 aliphatic carbocycles. The lowest BCUT2D eigenvalue weighted by atomic mass is 9.49. The summed E-state index contributed by atoms with van der Waals surface area (Å²) in [4.78, 5) is 17.5. The summed E-state index contributed by atoms with van der Waals surface area (Å²) >= 11 is 0. The van der Waals surface area contributed by atoms with E-state index in [4.69, 9.17) is 14.8 Å². The summed E-state index contributed by atoms with van der Waals surface area (Å²) in [6.45, 7) is 4.01. The Morgan fingerprint density at radius 2 is 1.67 bits per heavy atom. The van der Waals surface area contributed by atoms with E-state index in [1.807, 2.05) is 54.9 Å². The van der Waals surface area contributed by atoms with Crippen LogP contribution in [-0.4, -0.2) is 21.6 Å². The third-order valence-corrected chi connectivity index (χ3v) is 7.74. The second kappa shape index (κ2) is 6.40. The molecule has 2 heterocycles. The van der Waals surface area contributed by atoms with Gasteiger partial charge < -0.3 is 4.74 Å². The van der Waals surface area contributed by atoms with Gasteiger partial charge in [0.15, 0.2) is 5.70 Å². The van der Waals surface area contributed by atoms with E-state index >= 15 is 0 Å². The minimum Gasteiger partial charge on any atom is -0.406 e. The zero-order chi connectivity index (χ0) is 20.5. The summed E-state index contributed by atoms with van der Waals surface area (Å²) in [5.74, 6) is 2.76. The van der Waals surface area contributed by atoms with Crippen LogP contribution in [0.5, 0.6) is 0 Å². The number of benzene rings is 1. The van der Waals surface area contributed by atoms with E-state index < -0.39 is 0 Å². The van der Waals surface area contributed by atoms with Gasteiger partial charge in [-0.05, 0) is 88.3 Å². The predicted octanol–water partition coefficient (Wildman–Crippen LogP) is 5.00. The number of nitrogens with zero attached hydrogens (tertiary/aromatic N) is 3. The van der Waals surface area contributed by atoms with Gasteiger partial charge in [0.1, 0.15) is 0 Å². The highest BCUT2D eigenvalue weighted by Crippen LogP contribution is 2.61. The molecule has 4 fully saturated rings. The lowest BCUT2D eigenvalue weighted by molar-refractivity contribution is -0.131. The molecule has 0 radical (unpaired) electrons. The molecule has 2 aromatic rings. The molecule has 30 heavy (non-hydrogen) atoms. The second-order valence-corrected chi connectivity index (χ2v) is 9.87. The number of aromatic nitrogens is 2. The number of aryl methyl sites for hydroxylation is 1. The second-order valence-electron chi connectivity index (χ2n) is 9.87. The molecule has 0 amide bonds. The van der Waals surface area contributed by atoms with E-state index in [2.05, 4.69) is 0 Å². The molecule has 5 aliphatic rings. The minimum absolute atomic E-state index is 0.00168. The summed E-state index contributed by atoms with van der Waals surface area (Å²) in [6.07, 6.45) is 9.38. The first-order valence-corrected chi connectivity index (χ1v) is 11.2. The molecule has 0 spiro atoms. The van der Waals surface area contributed by atoms with E-state index in [0.29, 0.717) is 11.6 Å². The topological polar surface area (TPSA) is 56.5 Å². The van der Waals surface area contributed by atoms with Crippen molar-refractivity contribution < 1.29 is 9.53 Å². The zero-order valence-corrected chi connectivity index (χ0v) is 17.6. The zero-order valence-electron chi connectivity index (χ0n) is 17.6. The number of esters is 1. The Kier molecular flexibility index (Phi) is 3.86. The van der Waals surface area contributed by atoms with Crippen LogP contribution in [-0.2, 0) is 9.53 Å². The van der Waals surface area contributed by atoms with Crippen LogP contribution >= 0.6 is 0 Å². The Balaban J connectivity index is 1.36. The standard InChI is InChI=1S/C25H27N3O2/c1-15-21(16(2)28(27-15)20-6-4-3-5-7-20)11-22-23(29)30-24(26-22)25-12-17-8-18(13-25)10-19(9-17)14-25/h3-7,11,17-19H,8-10,12-14H2,1-2H3/b22-11-. The van der Waals surface area contributed by atoms with Gasteiger partial charge in [0.05, 0.1) is 11.4 Å². The van der Waals surface area contributed by atoms with Gasteiger partial charge in [-0.1, -0.05) is 18.2 Å². The number of aliphatic imine (C=N–C) groups is 1. The lowest BCUT2D eigenvalue weighted by Gasteiger charge is -2.55. The normalized spacial score (nSPS) is 33.3. The van der Waals surface area contributed by atoms with Crippen LogP contribution in [0.25, 0.3) is 11.8 Å². The van der Waals surface area contributed by atoms with Gasteiger partial charge in [0, 0.05) is 16.7 Å². The number of carbonyl (C=O) groups excluding carboxylic acids is 1. The first-order chi connectivity index (χ1) is 14.5. The Bertz CT molecular complexity index is 1060. The number of ether oxygens (including phenoxy) is 1. The van der Waals surface area contributed by atoms with Crippen LogP contribution in [0.2, 0.25) is 0 Å². The highest BCUT2D eigenvalue weighted by Gasteiger charge is 2.55. The highest BCUT2D eigenvalue weighted by molar-refractivity contribution is 6.09. The minimum atomic E-state index is -0.313. The van der Waals surface area contributed by atoms with Crippen molar-refractivity contribution in [1.29, 1.82) is 0 Å². The Hall–Kier alpha value is -2.69. The third kappa shape index (κ3) is 2.71. The number of rotatable bonds is 3. The van der Waals surface area contributed by atoms with Crippen molar-refractivity contribution in [1.82, 2.24) is 9.78 Å². The van der Waals surface area contributed by atoms with Crippen molar-refractivity contribution in [2.45, 2.75) is 52.4 Å². The van der Waals surface area contributed by atoms with Crippen molar-refractivity contribution in [3.63, 3.8) is 0 Å². The molecule has 0 atom stereocenters. The molecule has 0 unspecified atom stereocenters. The molecule has 0 N–H and O–H groups in total. The van der Waals surface area contributed by atoms with Crippen molar-refractivity contribution in [3.8, 4) is 5.69 Å². The molecule has 154 valence electrons. The van der Waals surface area contributed by atoms with Crippen LogP contribution in [0.3, 0.4) is 0 Å². The van der Waals surface area contributed by atoms with E-state index in [0.717, 1.165) is 59.7 Å². The maximum absolute atomic E-state index is 12.7. The number of carbonyl (C=O) groups is 1. The van der Waals surface area contributed by atoms with Gasteiger partial charge in [-0.3, -0.25) is 0 Å². The van der Waals surface area contributed by atoms with Gasteiger partial charge in [0.2, 0.25) is 5.90 Å². The van der Waals surface area contributed by atoms with Crippen molar-refractivity contribution in [3.05, 3.63) is 53.0 Å². The average Bonchev–Trinajstić information content (AvgIpc) is 3.23. The van der Waals surface area contributed by atoms with E-state index in [-0.39, 0.29) is 11.4 Å². The first kappa shape index (κ1) is 18.1. The SMILES string of the molecule is Cc1nn(-c2ccccc2)c(C)c1/C=C1\N=C(C23CC4CC(CC(C4)C2)C3)OC1=O. The number of hydrogen-bond acceptors (Lipinski definition) is 4. The lowest BCUT2D eigenvalue weighted by Crippen LogP contribution is -2.50. The number of cyclic esters (lactones) is 1. The third-order valence-electron chi connectivity index (χ3n) is 7.74. The Morgan fingerprint density at radius 3 is 2.30 bits per heavy atom. The summed E-state index contributed by atoms with van der Waals surface area (Å²) in [5.41, 5.74) is 4.25. The monoisotopic (exact) mass is 401 g/mol. The fourth-order valence-corrected chi connectivity index (χ4v) is 6.83. The number of hydrogen-bond donors (Lipinski definition) is 0. The summed E-state index contributed by atoms with van der Waals surface area (Å²) in [5, 5.41) is 4.69. The summed E-state index contributed by atoms with van der Waals surface area (Å²) < 4.78 is 7.74. The molecule has 4 bridgehead atoms. The van der Waals surface area contributed by atoms with Crippen LogP contribution < -0.4 is 0 Å². The van der Waals surface area contributed by atoms with E-state index in [9.17, 15) is 4.79 Å². The summed E-state index contributed by atoms with van der Waals surface area (Å²) in [6, 6.07) is 10.1. The van der Waals surface area contributed by atoms with Gasteiger partial charge in [-0.25, -0.2) is 14.5 Å². The van der Waals surface area contributed by atoms with Crippen molar-refractivity contribution >= 4 is 17.9 Å². The maximum Gasteiger partial charge on any atom is 0.363 e. The first-order valence-electron chi connectivity index (χ1n) is 11.2. The maximum atomic E-state index is 12.7. The fraction of sp³-hybridized carbons (Fsp3) is 0.480. The summed E-state index contributed by atoms with van der Waals surface area (Å²) in [7, 11) is 0. The predicted molar refractivity (Wildman–Crippen MR) is 115 cm³/mol. The van der Waals surface area contributed by atoms with Gasteiger partial charge in [0.25, 0.3) is 0 Å². The van der Waals surface area contributed by atoms with Gasteiger partial charge >= 0.3 is 5.97 Å². The van der Waals surface area contributed by atoms with E-state index in [1.54, 1.807) is 0 Å². The highest BCUT2D eigenvalue weighted by atomic mass is 16.6. The molecule has 1 aliphatic heterocycles. The molecule has 0 saturated heterocycles. The molecule has 5 nitrogen and oxygen atoms in total. The largest absolute Gasteiger partial charge is 0.406 e. The molecule has 4 saturated carbocycles. The molecular formula is C25H27N3O2. The molecular weight excluding hydrogens is 374 g/mol. The van der Waals surface area contributed by atoms with Crippen LogP contribution in [0.1, 0.15) is 55.5 Å². The van der Waals surface area contributed by atoms with Crippen molar-refractivity contribution in [2.75, 3.05) is 0 Å². The average molecular weight is 402 g/mol. The van der Waals surface area contributed by atoms with E-state index in [1.165, 1.54) is 19.3 Å². The van der Waals surface area contributed by atoms with Crippen LogP contribution in [0.4, 0.5) is 0 Å². The van der Waals surface area contributed by atoms with Crippen molar-refractivity contribution in [2.24, 2.45) is 28.2 Å². The Morgan fingerprint density at radius 1 is 1.03 bits per heavy atom. The smallest absolute Gasteiger partial charge is 0.363 e. The number of para-hydroxylation sites is 1. The fourth-order valence-electron chi connectivity index (χ4n) is 6.83. The van der Waals surface area contributed by atoms with Crippen LogP contribution in [0.15, 0.2) is 41.0 Å². The Labute approximate surface area is 176 Å². The van der Waals surface area contributed by atoms with Crippen LogP contribution in [0, 0.1) is 37.0 Å².